The lowest BCUT2D eigenvalue weighted by Gasteiger charge is -2.35. The third-order valence-corrected chi connectivity index (χ3v) is 3.10. The molecule has 0 radical (unpaired) electrons. The van der Waals surface area contributed by atoms with Crippen LogP contribution in [0.2, 0.25) is 5.02 Å². The molecule has 0 saturated heterocycles. The number of halogens is 4. The molecule has 1 aromatic carbocycles. The van der Waals surface area contributed by atoms with E-state index in [1.807, 2.05) is 5.32 Å². The van der Waals surface area contributed by atoms with Crippen LogP contribution in [0.5, 0.6) is 0 Å². The fraction of sp³-hybridized carbons (Fsp3) is 0.429. The quantitative estimate of drug-likeness (QED) is 0.595. The molecule has 1 atom stereocenters. The summed E-state index contributed by atoms with van der Waals surface area (Å²) < 4.78 is 50.0. The summed E-state index contributed by atoms with van der Waals surface area (Å²) in [6, 6.07) is 5.44. The van der Waals surface area contributed by atoms with Crippen molar-refractivity contribution in [3.8, 4) is 0 Å². The minimum atomic E-state index is -5.24. The van der Waals surface area contributed by atoms with Crippen LogP contribution in [-0.4, -0.2) is 37.1 Å². The predicted octanol–water partition coefficient (Wildman–Crippen LogP) is 3.32. The van der Waals surface area contributed by atoms with E-state index in [2.05, 4.69) is 9.47 Å². The summed E-state index contributed by atoms with van der Waals surface area (Å²) in [7, 11) is 0. The van der Waals surface area contributed by atoms with Gasteiger partial charge in [0.2, 0.25) is 0 Å². The summed E-state index contributed by atoms with van der Waals surface area (Å²) in [6.45, 7) is 2.22. The standard InChI is InChI=1S/C14H16ClF3N2O4/c1-3-23-11(21)13(14(16,17)18,20-12(22)24-4-2)19-10-8-6-5-7-9(10)15/h5-8,19H,3-4H2,1-2H3,(H,20,22)/t13-/m1/s1. The summed E-state index contributed by atoms with van der Waals surface area (Å²) in [5.74, 6) is -1.74. The summed E-state index contributed by atoms with van der Waals surface area (Å²) in [5.41, 5.74) is -3.78. The summed E-state index contributed by atoms with van der Waals surface area (Å²) in [6.07, 6.45) is -6.69. The normalized spacial score (nSPS) is 13.6. The van der Waals surface area contributed by atoms with E-state index in [9.17, 15) is 22.8 Å². The van der Waals surface area contributed by atoms with Crippen LogP contribution in [0.4, 0.5) is 23.7 Å². The number of alkyl carbamates (subject to hydrolysis) is 1. The van der Waals surface area contributed by atoms with Crippen LogP contribution < -0.4 is 10.6 Å². The van der Waals surface area contributed by atoms with Crippen molar-refractivity contribution in [2.75, 3.05) is 18.5 Å². The van der Waals surface area contributed by atoms with E-state index in [1.54, 1.807) is 0 Å². The minimum absolute atomic E-state index is 0.0823. The maximum atomic E-state index is 13.7. The van der Waals surface area contributed by atoms with Crippen LogP contribution in [0.25, 0.3) is 0 Å². The van der Waals surface area contributed by atoms with Gasteiger partial charge in [0.25, 0.3) is 0 Å². The number of carbonyl (C=O) groups excluding carboxylic acids is 2. The molecule has 0 aliphatic carbocycles. The van der Waals surface area contributed by atoms with E-state index < -0.39 is 23.9 Å². The molecule has 1 aromatic rings. The van der Waals surface area contributed by atoms with Gasteiger partial charge in [0.05, 0.1) is 23.9 Å². The molecule has 0 aromatic heterocycles. The number of esters is 1. The number of carbonyl (C=O) groups is 2. The van der Waals surface area contributed by atoms with Crippen molar-refractivity contribution in [1.82, 2.24) is 5.32 Å². The molecule has 0 bridgehead atoms. The Balaban J connectivity index is 3.37. The molecule has 0 heterocycles. The van der Waals surface area contributed by atoms with Gasteiger partial charge in [-0.05, 0) is 26.0 Å². The van der Waals surface area contributed by atoms with Crippen molar-refractivity contribution < 1.29 is 32.2 Å². The fourth-order valence-corrected chi connectivity index (χ4v) is 1.90. The Hall–Kier alpha value is -2.16. The summed E-state index contributed by atoms with van der Waals surface area (Å²) >= 11 is 5.83. The number of alkyl halides is 3. The first kappa shape index (κ1) is 19.9. The number of benzene rings is 1. The van der Waals surface area contributed by atoms with Gasteiger partial charge < -0.3 is 14.8 Å². The van der Waals surface area contributed by atoms with Crippen LogP contribution in [0.3, 0.4) is 0 Å². The second-order valence-electron chi connectivity index (χ2n) is 4.42. The van der Waals surface area contributed by atoms with Gasteiger partial charge in [0.1, 0.15) is 0 Å². The Labute approximate surface area is 141 Å². The van der Waals surface area contributed by atoms with Crippen LogP contribution in [0, 0.1) is 0 Å². The average molecular weight is 369 g/mol. The molecule has 0 spiro atoms. The van der Waals surface area contributed by atoms with Gasteiger partial charge in [-0.3, -0.25) is 5.32 Å². The van der Waals surface area contributed by atoms with Crippen molar-refractivity contribution in [2.45, 2.75) is 25.7 Å². The van der Waals surface area contributed by atoms with Crippen LogP contribution >= 0.6 is 11.6 Å². The van der Waals surface area contributed by atoms with E-state index in [-0.39, 0.29) is 23.9 Å². The first-order valence-electron chi connectivity index (χ1n) is 6.89. The van der Waals surface area contributed by atoms with Crippen molar-refractivity contribution in [3.63, 3.8) is 0 Å². The molecule has 0 unspecified atom stereocenters. The van der Waals surface area contributed by atoms with Gasteiger partial charge in [0.15, 0.2) is 0 Å². The number of nitrogens with one attached hydrogen (secondary N) is 2. The lowest BCUT2D eigenvalue weighted by Crippen LogP contribution is -2.69. The van der Waals surface area contributed by atoms with Crippen molar-refractivity contribution in [2.24, 2.45) is 0 Å². The molecular weight excluding hydrogens is 353 g/mol. The van der Waals surface area contributed by atoms with Crippen LogP contribution in [0.15, 0.2) is 24.3 Å². The lowest BCUT2D eigenvalue weighted by atomic mass is 10.1. The predicted molar refractivity (Wildman–Crippen MR) is 80.7 cm³/mol. The summed E-state index contributed by atoms with van der Waals surface area (Å²) in [5, 5.41) is 3.35. The Bertz CT molecular complexity index is 598. The smallest absolute Gasteiger partial charge is 0.442 e. The molecule has 0 aliphatic rings. The molecule has 6 nitrogen and oxygen atoms in total. The van der Waals surface area contributed by atoms with Crippen molar-refractivity contribution in [3.05, 3.63) is 29.3 Å². The monoisotopic (exact) mass is 368 g/mol. The molecule has 134 valence electrons. The van der Waals surface area contributed by atoms with E-state index in [4.69, 9.17) is 11.6 Å². The van der Waals surface area contributed by atoms with Crippen molar-refractivity contribution in [1.29, 1.82) is 0 Å². The Morgan fingerprint density at radius 1 is 1.12 bits per heavy atom. The number of ether oxygens (including phenoxy) is 2. The Morgan fingerprint density at radius 2 is 1.71 bits per heavy atom. The average Bonchev–Trinajstić information content (AvgIpc) is 2.48. The Morgan fingerprint density at radius 3 is 2.21 bits per heavy atom. The second kappa shape index (κ2) is 8.09. The van der Waals surface area contributed by atoms with E-state index in [0.717, 1.165) is 0 Å². The number of para-hydroxylation sites is 1. The van der Waals surface area contributed by atoms with Gasteiger partial charge in [-0.2, -0.15) is 13.2 Å². The van der Waals surface area contributed by atoms with Gasteiger partial charge in [-0.15, -0.1) is 0 Å². The van der Waals surface area contributed by atoms with Crippen LogP contribution in [0.1, 0.15) is 13.8 Å². The maximum Gasteiger partial charge on any atom is 0.442 e. The SMILES string of the molecule is CCOC(=O)N[C@](Nc1ccccc1Cl)(C(=O)OCC)C(F)(F)F. The van der Waals surface area contributed by atoms with E-state index in [0.29, 0.717) is 0 Å². The number of rotatable bonds is 6. The highest BCUT2D eigenvalue weighted by molar-refractivity contribution is 6.33. The second-order valence-corrected chi connectivity index (χ2v) is 4.83. The van der Waals surface area contributed by atoms with Gasteiger partial charge >= 0.3 is 23.9 Å². The Kier molecular flexibility index (Phi) is 6.70. The van der Waals surface area contributed by atoms with E-state index >= 15 is 0 Å². The molecule has 0 aliphatic heterocycles. The van der Waals surface area contributed by atoms with Crippen LogP contribution in [-0.2, 0) is 14.3 Å². The zero-order chi connectivity index (χ0) is 18.4. The van der Waals surface area contributed by atoms with Gasteiger partial charge in [-0.25, -0.2) is 9.59 Å². The largest absolute Gasteiger partial charge is 0.463 e. The molecule has 1 amide bonds. The fourth-order valence-electron chi connectivity index (χ4n) is 1.71. The number of anilines is 1. The number of amides is 1. The highest BCUT2D eigenvalue weighted by Crippen LogP contribution is 2.35. The topological polar surface area (TPSA) is 76.7 Å². The maximum absolute atomic E-state index is 13.7. The minimum Gasteiger partial charge on any atom is -0.463 e. The zero-order valence-corrected chi connectivity index (χ0v) is 13.6. The molecule has 10 heteroatoms. The lowest BCUT2D eigenvalue weighted by molar-refractivity contribution is -0.205. The molecule has 0 saturated carbocycles. The van der Waals surface area contributed by atoms with E-state index in [1.165, 1.54) is 43.4 Å². The number of hydrogen-bond acceptors (Lipinski definition) is 5. The van der Waals surface area contributed by atoms with Crippen molar-refractivity contribution >= 4 is 29.4 Å². The van der Waals surface area contributed by atoms with Gasteiger partial charge in [0, 0.05) is 0 Å². The van der Waals surface area contributed by atoms with Gasteiger partial charge in [-0.1, -0.05) is 23.7 Å². The zero-order valence-electron chi connectivity index (χ0n) is 12.9. The molecule has 24 heavy (non-hydrogen) atoms. The number of hydrogen-bond donors (Lipinski definition) is 2. The first-order chi connectivity index (χ1) is 11.2. The summed E-state index contributed by atoms with van der Waals surface area (Å²) in [4.78, 5) is 23.6. The first-order valence-corrected chi connectivity index (χ1v) is 7.27. The highest BCUT2D eigenvalue weighted by Gasteiger charge is 2.64. The highest BCUT2D eigenvalue weighted by atomic mass is 35.5. The third kappa shape index (κ3) is 4.44. The molecule has 1 rings (SSSR count). The molecule has 0 fully saturated rings. The molecular formula is C14H16ClF3N2O4. The molecule has 2 N–H and O–H groups in total. The third-order valence-electron chi connectivity index (χ3n) is 2.77.